The van der Waals surface area contributed by atoms with Gasteiger partial charge in [-0.15, -0.1) is 0 Å². The molecule has 4 heteroatoms. The van der Waals surface area contributed by atoms with Crippen molar-refractivity contribution in [3.05, 3.63) is 24.3 Å². The maximum absolute atomic E-state index is 10.6. The summed E-state index contributed by atoms with van der Waals surface area (Å²) in [5.41, 5.74) is 0. The van der Waals surface area contributed by atoms with Gasteiger partial charge in [-0.2, -0.15) is 0 Å². The van der Waals surface area contributed by atoms with Gasteiger partial charge in [0.25, 0.3) is 0 Å². The number of carbonyl (C=O) groups excluding carboxylic acids is 1. The summed E-state index contributed by atoms with van der Waals surface area (Å²) in [5, 5.41) is 0. The van der Waals surface area contributed by atoms with Gasteiger partial charge in [-0.3, -0.25) is 4.79 Å². The molecule has 0 atom stereocenters. The normalized spacial score (nSPS) is 9.17. The van der Waals surface area contributed by atoms with Gasteiger partial charge in [-0.1, -0.05) is 12.1 Å². The second-order valence-corrected chi connectivity index (χ2v) is 2.31. The van der Waals surface area contributed by atoms with E-state index in [4.69, 9.17) is 4.74 Å². The largest absolute Gasteiger partial charge is 0.425 e. The minimum Gasteiger partial charge on any atom is -0.425 e. The SMILES string of the molecule is CC(=O)Oc1ccccc1OS. The number of hydrogen-bond acceptors (Lipinski definition) is 4. The first-order valence-electron chi connectivity index (χ1n) is 3.33. The number of carbonyl (C=O) groups is 1. The van der Waals surface area contributed by atoms with Gasteiger partial charge in [-0.25, -0.2) is 0 Å². The summed E-state index contributed by atoms with van der Waals surface area (Å²) in [6.45, 7) is 1.33. The van der Waals surface area contributed by atoms with Crippen LogP contribution in [0.1, 0.15) is 6.92 Å². The van der Waals surface area contributed by atoms with Crippen LogP contribution < -0.4 is 8.92 Å². The summed E-state index contributed by atoms with van der Waals surface area (Å²) < 4.78 is 9.49. The lowest BCUT2D eigenvalue weighted by Crippen LogP contribution is -2.01. The molecule has 64 valence electrons. The van der Waals surface area contributed by atoms with Crippen molar-refractivity contribution in [3.8, 4) is 11.5 Å². The van der Waals surface area contributed by atoms with E-state index >= 15 is 0 Å². The molecule has 0 saturated carbocycles. The fraction of sp³-hybridized carbons (Fsp3) is 0.125. The Morgan fingerprint density at radius 2 is 1.92 bits per heavy atom. The molecule has 1 aromatic rings. The van der Waals surface area contributed by atoms with Crippen molar-refractivity contribution >= 4 is 18.9 Å². The number of benzene rings is 1. The smallest absolute Gasteiger partial charge is 0.308 e. The average Bonchev–Trinajstić information content (AvgIpc) is 2.04. The van der Waals surface area contributed by atoms with Gasteiger partial charge in [0.2, 0.25) is 0 Å². The molecule has 0 unspecified atom stereocenters. The summed E-state index contributed by atoms with van der Waals surface area (Å²) in [5.74, 6) is 0.420. The van der Waals surface area contributed by atoms with Crippen LogP contribution in [-0.4, -0.2) is 5.97 Å². The zero-order valence-corrected chi connectivity index (χ0v) is 7.38. The molecule has 0 aliphatic heterocycles. The first-order chi connectivity index (χ1) is 5.74. The lowest BCUT2D eigenvalue weighted by molar-refractivity contribution is -0.131. The zero-order chi connectivity index (χ0) is 8.97. The van der Waals surface area contributed by atoms with Crippen LogP contribution in [0.3, 0.4) is 0 Å². The molecular weight excluding hydrogens is 176 g/mol. The molecule has 0 fully saturated rings. The van der Waals surface area contributed by atoms with Gasteiger partial charge in [0.05, 0.1) is 0 Å². The van der Waals surface area contributed by atoms with Crippen molar-refractivity contribution in [2.45, 2.75) is 6.92 Å². The minimum atomic E-state index is -0.382. The molecule has 12 heavy (non-hydrogen) atoms. The monoisotopic (exact) mass is 184 g/mol. The van der Waals surface area contributed by atoms with Gasteiger partial charge in [0.1, 0.15) is 0 Å². The maximum Gasteiger partial charge on any atom is 0.308 e. The van der Waals surface area contributed by atoms with E-state index in [1.54, 1.807) is 24.3 Å². The van der Waals surface area contributed by atoms with E-state index in [9.17, 15) is 4.79 Å². The summed E-state index contributed by atoms with van der Waals surface area (Å²) in [7, 11) is 0. The van der Waals surface area contributed by atoms with Crippen LogP contribution in [0.5, 0.6) is 11.5 Å². The van der Waals surface area contributed by atoms with Crippen molar-refractivity contribution in [2.24, 2.45) is 0 Å². The summed E-state index contributed by atoms with van der Waals surface area (Å²) in [6, 6.07) is 6.80. The average molecular weight is 184 g/mol. The van der Waals surface area contributed by atoms with E-state index in [0.717, 1.165) is 0 Å². The second-order valence-electron chi connectivity index (χ2n) is 2.13. The van der Waals surface area contributed by atoms with Crippen LogP contribution in [0.4, 0.5) is 0 Å². The fourth-order valence-electron chi connectivity index (χ4n) is 0.765. The maximum atomic E-state index is 10.6. The van der Waals surface area contributed by atoms with Crippen LogP contribution in [-0.2, 0) is 4.79 Å². The number of esters is 1. The first kappa shape index (κ1) is 8.93. The highest BCUT2D eigenvalue weighted by atomic mass is 32.1. The fourth-order valence-corrected chi connectivity index (χ4v) is 0.916. The minimum absolute atomic E-state index is 0.375. The molecule has 0 bridgehead atoms. The Labute approximate surface area is 75.9 Å². The van der Waals surface area contributed by atoms with Crippen LogP contribution in [0.2, 0.25) is 0 Å². The van der Waals surface area contributed by atoms with E-state index in [1.807, 2.05) is 0 Å². The van der Waals surface area contributed by atoms with Crippen molar-refractivity contribution in [1.82, 2.24) is 0 Å². The highest BCUT2D eigenvalue weighted by Gasteiger charge is 2.04. The third-order valence-corrected chi connectivity index (χ3v) is 1.40. The standard InChI is InChI=1S/C8H8O3S/c1-6(9)10-7-4-2-3-5-8(7)11-12/h2-5,12H,1H3. The molecule has 0 aromatic heterocycles. The van der Waals surface area contributed by atoms with Gasteiger partial charge in [-0.05, 0) is 12.1 Å². The lowest BCUT2D eigenvalue weighted by atomic mass is 10.3. The van der Waals surface area contributed by atoms with Gasteiger partial charge >= 0.3 is 5.97 Å². The topological polar surface area (TPSA) is 35.5 Å². The molecule has 0 N–H and O–H groups in total. The second kappa shape index (κ2) is 4.01. The molecule has 0 aliphatic carbocycles. The number of para-hydroxylation sites is 2. The molecule has 0 heterocycles. The van der Waals surface area contributed by atoms with Crippen molar-refractivity contribution in [1.29, 1.82) is 0 Å². The molecule has 0 amide bonds. The van der Waals surface area contributed by atoms with Crippen LogP contribution in [0.15, 0.2) is 24.3 Å². The van der Waals surface area contributed by atoms with Crippen LogP contribution in [0.25, 0.3) is 0 Å². The lowest BCUT2D eigenvalue weighted by Gasteiger charge is -2.04. The van der Waals surface area contributed by atoms with Gasteiger partial charge < -0.3 is 8.92 Å². The third kappa shape index (κ3) is 2.17. The van der Waals surface area contributed by atoms with Crippen molar-refractivity contribution in [2.75, 3.05) is 0 Å². The van der Waals surface area contributed by atoms with E-state index < -0.39 is 0 Å². The quantitative estimate of drug-likeness (QED) is 0.329. The molecule has 1 rings (SSSR count). The summed E-state index contributed by atoms with van der Waals surface area (Å²) >= 11 is 3.61. The Hall–Kier alpha value is -1.16. The Bertz CT molecular complexity index is 285. The molecule has 1 aromatic carbocycles. The van der Waals surface area contributed by atoms with E-state index in [2.05, 4.69) is 17.1 Å². The van der Waals surface area contributed by atoms with Crippen LogP contribution in [0, 0.1) is 0 Å². The third-order valence-electron chi connectivity index (χ3n) is 1.20. The molecule has 0 aliphatic rings. The van der Waals surface area contributed by atoms with E-state index in [0.29, 0.717) is 11.5 Å². The van der Waals surface area contributed by atoms with Gasteiger partial charge in [0.15, 0.2) is 11.5 Å². The molecule has 0 spiro atoms. The number of hydrogen-bond donors (Lipinski definition) is 1. The van der Waals surface area contributed by atoms with E-state index in [1.165, 1.54) is 6.92 Å². The molecule has 0 radical (unpaired) electrons. The molecular formula is C8H8O3S. The summed E-state index contributed by atoms with van der Waals surface area (Å²) in [6.07, 6.45) is 0. The number of rotatable bonds is 2. The van der Waals surface area contributed by atoms with E-state index in [-0.39, 0.29) is 5.97 Å². The predicted octanol–water partition coefficient (Wildman–Crippen LogP) is 1.84. The number of ether oxygens (including phenoxy) is 1. The van der Waals surface area contributed by atoms with Crippen molar-refractivity contribution in [3.63, 3.8) is 0 Å². The highest BCUT2D eigenvalue weighted by molar-refractivity contribution is 7.75. The number of thiol groups is 1. The zero-order valence-electron chi connectivity index (χ0n) is 6.48. The molecule has 0 saturated heterocycles. The first-order valence-corrected chi connectivity index (χ1v) is 3.69. The Balaban J connectivity index is 2.89. The Morgan fingerprint density at radius 3 is 2.42 bits per heavy atom. The summed E-state index contributed by atoms with van der Waals surface area (Å²) in [4.78, 5) is 10.6. The van der Waals surface area contributed by atoms with Crippen LogP contribution >= 0.6 is 12.9 Å². The Morgan fingerprint density at radius 1 is 1.33 bits per heavy atom. The van der Waals surface area contributed by atoms with Crippen molar-refractivity contribution < 1.29 is 13.7 Å². The predicted molar refractivity (Wildman–Crippen MR) is 47.4 cm³/mol. The highest BCUT2D eigenvalue weighted by Crippen LogP contribution is 2.26. The Kier molecular flexibility index (Phi) is 2.99. The molecule has 3 nitrogen and oxygen atoms in total. The van der Waals surface area contributed by atoms with Gasteiger partial charge in [0, 0.05) is 19.8 Å².